The van der Waals surface area contributed by atoms with Gasteiger partial charge in [-0.15, -0.1) is 0 Å². The summed E-state index contributed by atoms with van der Waals surface area (Å²) < 4.78 is 15.4. The van der Waals surface area contributed by atoms with Crippen LogP contribution in [0.3, 0.4) is 0 Å². The standard InChI is InChI=1S/C22H26FN3O2/c1-14-18(11-21(28)25-10-9-17(24)13-25)22-19(3-2-4-20(22)27)26(14)12-15-5-7-16(23)8-6-15/h5-8,17H,2-4,9-13,24H2,1H3/t17-/m0/s1. The topological polar surface area (TPSA) is 68.3 Å². The summed E-state index contributed by atoms with van der Waals surface area (Å²) in [6.07, 6.45) is 3.25. The van der Waals surface area contributed by atoms with Crippen molar-refractivity contribution in [1.82, 2.24) is 9.47 Å². The molecule has 28 heavy (non-hydrogen) atoms. The molecule has 6 heteroatoms. The highest BCUT2D eigenvalue weighted by Crippen LogP contribution is 2.31. The zero-order valence-corrected chi connectivity index (χ0v) is 16.2. The molecule has 1 aliphatic heterocycles. The van der Waals surface area contributed by atoms with E-state index in [9.17, 15) is 14.0 Å². The Morgan fingerprint density at radius 2 is 2.00 bits per heavy atom. The average Bonchev–Trinajstić information content (AvgIpc) is 3.21. The first-order chi connectivity index (χ1) is 13.4. The lowest BCUT2D eigenvalue weighted by molar-refractivity contribution is -0.129. The van der Waals surface area contributed by atoms with Crippen LogP contribution in [0.15, 0.2) is 24.3 Å². The van der Waals surface area contributed by atoms with E-state index in [1.165, 1.54) is 12.1 Å². The number of nitrogens with zero attached hydrogens (tertiary/aromatic N) is 2. The molecule has 2 aliphatic rings. The zero-order chi connectivity index (χ0) is 19.8. The van der Waals surface area contributed by atoms with Gasteiger partial charge in [0, 0.05) is 49.0 Å². The Morgan fingerprint density at radius 3 is 2.68 bits per heavy atom. The van der Waals surface area contributed by atoms with Gasteiger partial charge < -0.3 is 15.2 Å². The number of hydrogen-bond acceptors (Lipinski definition) is 3. The highest BCUT2D eigenvalue weighted by atomic mass is 19.1. The number of carbonyl (C=O) groups excluding carboxylic acids is 2. The smallest absolute Gasteiger partial charge is 0.227 e. The summed E-state index contributed by atoms with van der Waals surface area (Å²) in [6, 6.07) is 6.48. The Hall–Kier alpha value is -2.47. The second kappa shape index (κ2) is 7.51. The molecule has 2 N–H and O–H groups in total. The van der Waals surface area contributed by atoms with E-state index in [-0.39, 0.29) is 30.0 Å². The van der Waals surface area contributed by atoms with E-state index >= 15 is 0 Å². The molecule has 1 fully saturated rings. The minimum Gasteiger partial charge on any atom is -0.343 e. The number of fused-ring (bicyclic) bond motifs is 1. The fourth-order valence-electron chi connectivity index (χ4n) is 4.47. The van der Waals surface area contributed by atoms with Crippen LogP contribution in [0.1, 0.15) is 52.1 Å². The summed E-state index contributed by atoms with van der Waals surface area (Å²) in [5, 5.41) is 0. The second-order valence-corrected chi connectivity index (χ2v) is 7.94. The largest absolute Gasteiger partial charge is 0.343 e. The summed E-state index contributed by atoms with van der Waals surface area (Å²) in [5.41, 5.74) is 10.5. The molecule has 4 rings (SSSR count). The molecule has 0 radical (unpaired) electrons. The number of ketones is 1. The number of hydrogen-bond donors (Lipinski definition) is 1. The molecule has 148 valence electrons. The van der Waals surface area contributed by atoms with E-state index < -0.39 is 0 Å². The van der Waals surface area contributed by atoms with E-state index in [0.717, 1.165) is 47.3 Å². The molecule has 5 nitrogen and oxygen atoms in total. The normalized spacial score (nSPS) is 19.2. The molecule has 1 atom stereocenters. The van der Waals surface area contributed by atoms with Crippen LogP contribution in [0.5, 0.6) is 0 Å². The molecule has 2 heterocycles. The molecular formula is C22H26FN3O2. The van der Waals surface area contributed by atoms with E-state index in [0.29, 0.717) is 26.1 Å². The van der Waals surface area contributed by atoms with Gasteiger partial charge in [-0.3, -0.25) is 9.59 Å². The van der Waals surface area contributed by atoms with Crippen LogP contribution in [0.4, 0.5) is 4.39 Å². The fraction of sp³-hybridized carbons (Fsp3) is 0.455. The second-order valence-electron chi connectivity index (χ2n) is 7.94. The molecular weight excluding hydrogens is 357 g/mol. The van der Waals surface area contributed by atoms with Gasteiger partial charge in [0.15, 0.2) is 5.78 Å². The van der Waals surface area contributed by atoms with Gasteiger partial charge >= 0.3 is 0 Å². The lowest BCUT2D eigenvalue weighted by Crippen LogP contribution is -2.33. The maximum atomic E-state index is 13.2. The Kier molecular flexibility index (Phi) is 5.06. The number of halogens is 1. The Labute approximate surface area is 164 Å². The van der Waals surface area contributed by atoms with Gasteiger partial charge in [0.05, 0.1) is 6.42 Å². The van der Waals surface area contributed by atoms with Crippen molar-refractivity contribution in [3.05, 3.63) is 58.2 Å². The van der Waals surface area contributed by atoms with E-state index in [2.05, 4.69) is 4.57 Å². The minimum absolute atomic E-state index is 0.0381. The maximum absolute atomic E-state index is 13.2. The van der Waals surface area contributed by atoms with Gasteiger partial charge in [-0.1, -0.05) is 12.1 Å². The first kappa shape index (κ1) is 18.9. The zero-order valence-electron chi connectivity index (χ0n) is 16.2. The lowest BCUT2D eigenvalue weighted by atomic mass is 9.92. The summed E-state index contributed by atoms with van der Waals surface area (Å²) in [6.45, 7) is 3.83. The first-order valence-electron chi connectivity index (χ1n) is 9.96. The van der Waals surface area contributed by atoms with Crippen LogP contribution in [0.25, 0.3) is 0 Å². The maximum Gasteiger partial charge on any atom is 0.227 e. The van der Waals surface area contributed by atoms with Gasteiger partial charge in [-0.25, -0.2) is 4.39 Å². The van der Waals surface area contributed by atoms with Crippen LogP contribution in [0.2, 0.25) is 0 Å². The number of rotatable bonds is 4. The van der Waals surface area contributed by atoms with Gasteiger partial charge in [0.1, 0.15) is 5.82 Å². The summed E-state index contributed by atoms with van der Waals surface area (Å²) in [7, 11) is 0. The summed E-state index contributed by atoms with van der Waals surface area (Å²) in [4.78, 5) is 27.3. The number of carbonyl (C=O) groups is 2. The van der Waals surface area contributed by atoms with Gasteiger partial charge in [0.2, 0.25) is 5.91 Å². The third kappa shape index (κ3) is 3.49. The highest BCUT2D eigenvalue weighted by Gasteiger charge is 2.31. The predicted molar refractivity (Wildman–Crippen MR) is 105 cm³/mol. The van der Waals surface area contributed by atoms with Crippen molar-refractivity contribution >= 4 is 11.7 Å². The first-order valence-corrected chi connectivity index (χ1v) is 9.96. The van der Waals surface area contributed by atoms with Crippen LogP contribution in [-0.4, -0.2) is 40.3 Å². The summed E-state index contributed by atoms with van der Waals surface area (Å²) >= 11 is 0. The monoisotopic (exact) mass is 383 g/mol. The van der Waals surface area contributed by atoms with E-state index in [4.69, 9.17) is 5.73 Å². The van der Waals surface area contributed by atoms with Gasteiger partial charge in [-0.2, -0.15) is 0 Å². The molecule has 1 aromatic carbocycles. The SMILES string of the molecule is Cc1c(CC(=O)N2CC[C@H](N)C2)c2c(n1Cc1ccc(F)cc1)CCCC2=O. The van der Waals surface area contributed by atoms with Crippen molar-refractivity contribution in [3.8, 4) is 0 Å². The molecule has 1 aromatic heterocycles. The highest BCUT2D eigenvalue weighted by molar-refractivity contribution is 6.01. The molecule has 0 saturated carbocycles. The van der Waals surface area contributed by atoms with E-state index in [1.54, 1.807) is 17.0 Å². The summed E-state index contributed by atoms with van der Waals surface area (Å²) in [5.74, 6) is -0.0976. The number of nitrogens with two attached hydrogens (primary N) is 1. The minimum atomic E-state index is -0.264. The molecule has 1 amide bonds. The molecule has 1 saturated heterocycles. The third-order valence-electron chi connectivity index (χ3n) is 6.01. The Morgan fingerprint density at radius 1 is 1.25 bits per heavy atom. The predicted octanol–water partition coefficient (Wildman–Crippen LogP) is 2.61. The van der Waals surface area contributed by atoms with Crippen LogP contribution < -0.4 is 5.73 Å². The molecule has 1 aliphatic carbocycles. The molecule has 2 aromatic rings. The van der Waals surface area contributed by atoms with Crippen LogP contribution in [0, 0.1) is 12.7 Å². The van der Waals surface area contributed by atoms with Gasteiger partial charge in [-0.05, 0) is 49.4 Å². The van der Waals surface area contributed by atoms with E-state index in [1.807, 2.05) is 6.92 Å². The number of Topliss-reactive ketones (excluding diaryl/α,β-unsaturated/α-hetero) is 1. The van der Waals surface area contributed by atoms with Crippen molar-refractivity contribution in [1.29, 1.82) is 0 Å². The fourth-order valence-corrected chi connectivity index (χ4v) is 4.47. The lowest BCUT2D eigenvalue weighted by Gasteiger charge is -2.17. The van der Waals surface area contributed by atoms with Crippen molar-refractivity contribution in [2.75, 3.05) is 13.1 Å². The molecule has 0 unspecified atom stereocenters. The molecule has 0 spiro atoms. The third-order valence-corrected chi connectivity index (χ3v) is 6.01. The number of likely N-dealkylation sites (tertiary alicyclic amines) is 1. The van der Waals surface area contributed by atoms with Crippen molar-refractivity contribution < 1.29 is 14.0 Å². The van der Waals surface area contributed by atoms with Crippen molar-refractivity contribution in [2.45, 2.75) is 51.6 Å². The van der Waals surface area contributed by atoms with Gasteiger partial charge in [0.25, 0.3) is 0 Å². The Balaban J connectivity index is 1.68. The number of aromatic nitrogens is 1. The van der Waals surface area contributed by atoms with Crippen LogP contribution in [-0.2, 0) is 24.2 Å². The van der Waals surface area contributed by atoms with Crippen molar-refractivity contribution in [2.24, 2.45) is 5.73 Å². The Bertz CT molecular complexity index is 917. The average molecular weight is 383 g/mol. The quantitative estimate of drug-likeness (QED) is 0.882. The number of amides is 1. The van der Waals surface area contributed by atoms with Crippen LogP contribution >= 0.6 is 0 Å². The molecule has 0 bridgehead atoms. The van der Waals surface area contributed by atoms with Crippen molar-refractivity contribution in [3.63, 3.8) is 0 Å². The number of benzene rings is 1.